The zero-order valence-corrected chi connectivity index (χ0v) is 9.40. The molecule has 0 aliphatic heterocycles. The summed E-state index contributed by atoms with van der Waals surface area (Å²) in [7, 11) is 1.24. The molecule has 100 valence electrons. The fourth-order valence-electron chi connectivity index (χ4n) is 1.39. The van der Waals surface area contributed by atoms with Crippen molar-refractivity contribution >= 4 is 5.97 Å². The predicted octanol–water partition coefficient (Wildman–Crippen LogP) is 2.26. The summed E-state index contributed by atoms with van der Waals surface area (Å²) in [4.78, 5) is 10.4. The highest BCUT2D eigenvalue weighted by molar-refractivity contribution is 5.72. The van der Waals surface area contributed by atoms with Crippen LogP contribution in [0, 0.1) is 0 Å². The largest absolute Gasteiger partial charge is 0.493 e. The fraction of sp³-hybridized carbons (Fsp3) is 0.364. The molecular weight excluding hydrogens is 253 g/mol. The Kier molecular flexibility index (Phi) is 4.82. The molecule has 0 saturated heterocycles. The summed E-state index contributed by atoms with van der Waals surface area (Å²) in [6.45, 7) is -3.11. The number of hydrogen-bond donors (Lipinski definition) is 1. The van der Waals surface area contributed by atoms with Gasteiger partial charge in [0.15, 0.2) is 11.5 Å². The van der Waals surface area contributed by atoms with Crippen LogP contribution in [0.4, 0.5) is 13.2 Å². The zero-order chi connectivity index (χ0) is 13.7. The number of halogens is 3. The van der Waals surface area contributed by atoms with E-state index >= 15 is 0 Å². The molecule has 7 heteroatoms. The van der Waals surface area contributed by atoms with E-state index in [0.717, 1.165) is 0 Å². The van der Waals surface area contributed by atoms with Gasteiger partial charge < -0.3 is 14.6 Å². The van der Waals surface area contributed by atoms with E-state index in [-0.39, 0.29) is 17.1 Å². The average Bonchev–Trinajstić information content (AvgIpc) is 2.30. The van der Waals surface area contributed by atoms with E-state index in [2.05, 4.69) is 4.74 Å². The van der Waals surface area contributed by atoms with E-state index in [4.69, 9.17) is 9.84 Å². The van der Waals surface area contributed by atoms with Crippen LogP contribution in [-0.2, 0) is 11.2 Å². The molecule has 1 unspecified atom stereocenters. The van der Waals surface area contributed by atoms with Gasteiger partial charge >= 0.3 is 12.6 Å². The van der Waals surface area contributed by atoms with E-state index in [0.29, 0.717) is 0 Å². The highest BCUT2D eigenvalue weighted by Crippen LogP contribution is 2.33. The minimum atomic E-state index is -3.11. The summed E-state index contributed by atoms with van der Waals surface area (Å²) in [5.41, 5.74) is 0.00421. The molecular formula is C11H11F3O4. The SMILES string of the molecule is COc1cccc(CC(F)C(=O)O)c1OC(F)F. The summed E-state index contributed by atoms with van der Waals surface area (Å²) in [6, 6.07) is 4.09. The average molecular weight is 264 g/mol. The van der Waals surface area contributed by atoms with E-state index in [9.17, 15) is 18.0 Å². The first-order valence-corrected chi connectivity index (χ1v) is 4.93. The third-order valence-corrected chi connectivity index (χ3v) is 2.15. The number of alkyl halides is 3. The Morgan fingerprint density at radius 1 is 1.39 bits per heavy atom. The summed E-state index contributed by atoms with van der Waals surface area (Å²) in [6.07, 6.45) is -2.77. The molecule has 0 aliphatic rings. The van der Waals surface area contributed by atoms with Gasteiger partial charge in [0.2, 0.25) is 6.17 Å². The Bertz CT molecular complexity index is 423. The smallest absolute Gasteiger partial charge is 0.387 e. The monoisotopic (exact) mass is 264 g/mol. The van der Waals surface area contributed by atoms with Crippen LogP contribution in [0.25, 0.3) is 0 Å². The third-order valence-electron chi connectivity index (χ3n) is 2.15. The second-order valence-electron chi connectivity index (χ2n) is 3.34. The van der Waals surface area contributed by atoms with Crippen molar-refractivity contribution in [3.05, 3.63) is 23.8 Å². The Labute approximate surface area is 101 Å². The molecule has 1 rings (SSSR count). The number of benzene rings is 1. The second-order valence-corrected chi connectivity index (χ2v) is 3.34. The molecule has 18 heavy (non-hydrogen) atoms. The van der Waals surface area contributed by atoms with Crippen LogP contribution < -0.4 is 9.47 Å². The second kappa shape index (κ2) is 6.13. The predicted molar refractivity (Wildman–Crippen MR) is 55.9 cm³/mol. The lowest BCUT2D eigenvalue weighted by molar-refractivity contribution is -0.142. The summed E-state index contributed by atoms with van der Waals surface area (Å²) < 4.78 is 46.6. The molecule has 1 aromatic rings. The lowest BCUT2D eigenvalue weighted by Crippen LogP contribution is -2.18. The van der Waals surface area contributed by atoms with E-state index in [1.807, 2.05) is 0 Å². The van der Waals surface area contributed by atoms with Crippen LogP contribution in [-0.4, -0.2) is 31.0 Å². The van der Waals surface area contributed by atoms with Gasteiger partial charge in [0.25, 0.3) is 0 Å². The maximum atomic E-state index is 13.1. The number of ether oxygens (including phenoxy) is 2. The zero-order valence-electron chi connectivity index (χ0n) is 9.40. The van der Waals surface area contributed by atoms with Gasteiger partial charge in [0.05, 0.1) is 7.11 Å². The van der Waals surface area contributed by atoms with Gasteiger partial charge in [-0.05, 0) is 6.07 Å². The molecule has 4 nitrogen and oxygen atoms in total. The summed E-state index contributed by atoms with van der Waals surface area (Å²) in [5, 5.41) is 8.45. The van der Waals surface area contributed by atoms with Gasteiger partial charge in [0.1, 0.15) is 0 Å². The Hall–Kier alpha value is -1.92. The number of carboxylic acids is 1. The van der Waals surface area contributed by atoms with Gasteiger partial charge in [0, 0.05) is 12.0 Å². The number of rotatable bonds is 6. The topological polar surface area (TPSA) is 55.8 Å². The van der Waals surface area contributed by atoms with Crippen LogP contribution in [0.15, 0.2) is 18.2 Å². The Morgan fingerprint density at radius 2 is 2.06 bits per heavy atom. The number of aliphatic carboxylic acids is 1. The molecule has 0 amide bonds. The number of carbonyl (C=O) groups is 1. The van der Waals surface area contributed by atoms with Gasteiger partial charge in [-0.3, -0.25) is 0 Å². The lowest BCUT2D eigenvalue weighted by atomic mass is 10.1. The molecule has 0 fully saturated rings. The Balaban J connectivity index is 3.05. The van der Waals surface area contributed by atoms with Gasteiger partial charge in [-0.15, -0.1) is 0 Å². The standard InChI is InChI=1S/C11H11F3O4/c1-17-8-4-2-3-6(5-7(12)10(15)16)9(8)18-11(13)14/h2-4,7,11H,5H2,1H3,(H,15,16). The lowest BCUT2D eigenvalue weighted by Gasteiger charge is -2.14. The van der Waals surface area contributed by atoms with E-state index < -0.39 is 25.2 Å². The highest BCUT2D eigenvalue weighted by atomic mass is 19.3. The highest BCUT2D eigenvalue weighted by Gasteiger charge is 2.22. The molecule has 1 N–H and O–H groups in total. The molecule has 0 saturated carbocycles. The molecule has 0 radical (unpaired) electrons. The van der Waals surface area contributed by atoms with Crippen LogP contribution in [0.2, 0.25) is 0 Å². The number of hydrogen-bond acceptors (Lipinski definition) is 3. The summed E-state index contributed by atoms with van der Waals surface area (Å²) in [5.74, 6) is -2.02. The van der Waals surface area contributed by atoms with Crippen molar-refractivity contribution in [3.63, 3.8) is 0 Å². The minimum absolute atomic E-state index is 0.00421. The van der Waals surface area contributed by atoms with Gasteiger partial charge in [-0.1, -0.05) is 12.1 Å². The van der Waals surface area contributed by atoms with Crippen molar-refractivity contribution in [2.24, 2.45) is 0 Å². The van der Waals surface area contributed by atoms with Crippen molar-refractivity contribution in [1.82, 2.24) is 0 Å². The van der Waals surface area contributed by atoms with Gasteiger partial charge in [-0.2, -0.15) is 8.78 Å². The summed E-state index contributed by atoms with van der Waals surface area (Å²) >= 11 is 0. The van der Waals surface area contributed by atoms with E-state index in [1.54, 1.807) is 0 Å². The number of carboxylic acid groups (broad SMARTS) is 1. The fourth-order valence-corrected chi connectivity index (χ4v) is 1.39. The maximum Gasteiger partial charge on any atom is 0.387 e. The van der Waals surface area contributed by atoms with Crippen LogP contribution in [0.5, 0.6) is 11.5 Å². The molecule has 0 bridgehead atoms. The van der Waals surface area contributed by atoms with Crippen LogP contribution in [0.1, 0.15) is 5.56 Å². The van der Waals surface area contributed by atoms with Gasteiger partial charge in [-0.25, -0.2) is 9.18 Å². The molecule has 0 heterocycles. The first kappa shape index (κ1) is 14.1. The van der Waals surface area contributed by atoms with Crippen LogP contribution >= 0.6 is 0 Å². The van der Waals surface area contributed by atoms with E-state index in [1.165, 1.54) is 25.3 Å². The molecule has 0 spiro atoms. The molecule has 1 atom stereocenters. The molecule has 0 aromatic heterocycles. The quantitative estimate of drug-likeness (QED) is 0.856. The minimum Gasteiger partial charge on any atom is -0.493 e. The maximum absolute atomic E-state index is 13.1. The van der Waals surface area contributed by atoms with Crippen LogP contribution in [0.3, 0.4) is 0 Å². The van der Waals surface area contributed by atoms with Crippen molar-refractivity contribution in [2.45, 2.75) is 19.2 Å². The Morgan fingerprint density at radius 3 is 2.56 bits per heavy atom. The number of methoxy groups -OCH3 is 1. The normalized spacial score (nSPS) is 12.3. The molecule has 1 aromatic carbocycles. The van der Waals surface area contributed by atoms with Crippen molar-refractivity contribution in [3.8, 4) is 11.5 Å². The van der Waals surface area contributed by atoms with Crippen molar-refractivity contribution < 1.29 is 32.5 Å². The first-order valence-electron chi connectivity index (χ1n) is 4.93. The molecule has 0 aliphatic carbocycles. The third kappa shape index (κ3) is 3.54. The number of para-hydroxylation sites is 1. The van der Waals surface area contributed by atoms with Crippen molar-refractivity contribution in [1.29, 1.82) is 0 Å². The first-order chi connectivity index (χ1) is 8.45. The van der Waals surface area contributed by atoms with Crippen molar-refractivity contribution in [2.75, 3.05) is 7.11 Å².